The van der Waals surface area contributed by atoms with E-state index in [9.17, 15) is 35.4 Å². The molecule has 1 aliphatic rings. The predicted octanol–water partition coefficient (Wildman–Crippen LogP) is 0.800. The van der Waals surface area contributed by atoms with E-state index in [1.807, 2.05) is 0 Å². The first-order valence-electron chi connectivity index (χ1n) is 10.4. The minimum absolute atomic E-state index is 0.0609. The second-order valence-electron chi connectivity index (χ2n) is 7.93. The van der Waals surface area contributed by atoms with Gasteiger partial charge in [0.25, 0.3) is 0 Å². The number of phenols is 3. The van der Waals surface area contributed by atoms with Crippen molar-refractivity contribution in [2.45, 2.75) is 37.6 Å². The summed E-state index contributed by atoms with van der Waals surface area (Å²) >= 11 is 0. The number of methoxy groups -OCH3 is 2. The topological polar surface area (TPSA) is 189 Å². The lowest BCUT2D eigenvalue weighted by Crippen LogP contribution is -2.58. The van der Waals surface area contributed by atoms with Crippen LogP contribution < -0.4 is 19.6 Å². The number of benzene rings is 2. The molecule has 3 aromatic rings. The van der Waals surface area contributed by atoms with Gasteiger partial charge < -0.3 is 54.0 Å². The van der Waals surface area contributed by atoms with Crippen LogP contribution in [0, 0.1) is 0 Å². The van der Waals surface area contributed by atoms with Crippen molar-refractivity contribution < 1.29 is 54.0 Å². The van der Waals surface area contributed by atoms with E-state index in [2.05, 4.69) is 0 Å². The number of fused-ring (bicyclic) bond motifs is 1. The molecule has 1 aliphatic heterocycles. The van der Waals surface area contributed by atoms with Crippen LogP contribution in [0.15, 0.2) is 33.5 Å². The van der Waals surface area contributed by atoms with Crippen LogP contribution in [0.2, 0.25) is 0 Å². The molecule has 0 bridgehead atoms. The molecule has 0 saturated carbocycles. The van der Waals surface area contributed by atoms with Crippen LogP contribution >= 0.6 is 0 Å². The van der Waals surface area contributed by atoms with Crippen LogP contribution in [0.4, 0.5) is 0 Å². The van der Waals surface area contributed by atoms with Gasteiger partial charge in [-0.3, -0.25) is 4.79 Å². The fourth-order valence-corrected chi connectivity index (χ4v) is 3.81. The first-order chi connectivity index (χ1) is 16.6. The number of hydrogen-bond acceptors (Lipinski definition) is 12. The van der Waals surface area contributed by atoms with Crippen molar-refractivity contribution in [2.24, 2.45) is 0 Å². The van der Waals surface area contributed by atoms with Gasteiger partial charge >= 0.3 is 0 Å². The molecule has 5 atom stereocenters. The minimum atomic E-state index is -1.75. The average molecular weight is 492 g/mol. The maximum absolute atomic E-state index is 13.6. The molecular weight excluding hydrogens is 468 g/mol. The molecule has 4 rings (SSSR count). The van der Waals surface area contributed by atoms with Crippen molar-refractivity contribution >= 4 is 11.0 Å². The normalized spacial score (nSPS) is 24.3. The summed E-state index contributed by atoms with van der Waals surface area (Å²) < 4.78 is 27.3. The van der Waals surface area contributed by atoms with Crippen molar-refractivity contribution in [1.29, 1.82) is 0 Å². The van der Waals surface area contributed by atoms with Crippen LogP contribution in [-0.4, -0.2) is 75.6 Å². The Hall–Kier alpha value is -3.71. The van der Waals surface area contributed by atoms with Gasteiger partial charge in [0.05, 0.1) is 20.3 Å². The highest BCUT2D eigenvalue weighted by Gasteiger charge is 2.44. The van der Waals surface area contributed by atoms with Gasteiger partial charge in [0.15, 0.2) is 28.8 Å². The van der Waals surface area contributed by atoms with Crippen molar-refractivity contribution in [3.63, 3.8) is 0 Å². The van der Waals surface area contributed by atoms with Gasteiger partial charge in [-0.1, -0.05) is 0 Å². The Kier molecular flexibility index (Phi) is 6.38. The van der Waals surface area contributed by atoms with Crippen LogP contribution in [-0.2, 0) is 4.74 Å². The lowest BCUT2D eigenvalue weighted by atomic mass is 10.00. The molecule has 0 spiro atoms. The zero-order valence-corrected chi connectivity index (χ0v) is 18.8. The first-order valence-corrected chi connectivity index (χ1v) is 10.4. The molecule has 0 radical (unpaired) electrons. The molecular formula is C23H24O12. The minimum Gasteiger partial charge on any atom is -0.504 e. The molecule has 0 unspecified atom stereocenters. The molecule has 2 aromatic carbocycles. The molecule has 12 nitrogen and oxygen atoms in total. The van der Waals surface area contributed by atoms with E-state index in [1.54, 1.807) is 0 Å². The molecule has 1 fully saturated rings. The highest BCUT2D eigenvalue weighted by Crippen LogP contribution is 2.44. The molecule has 12 heteroatoms. The highest BCUT2D eigenvalue weighted by molar-refractivity contribution is 5.91. The summed E-state index contributed by atoms with van der Waals surface area (Å²) in [5.41, 5.74) is -0.951. The van der Waals surface area contributed by atoms with Gasteiger partial charge in [-0.15, -0.1) is 0 Å². The van der Waals surface area contributed by atoms with Gasteiger partial charge in [-0.05, 0) is 25.1 Å². The van der Waals surface area contributed by atoms with Crippen LogP contribution in [0.5, 0.6) is 34.5 Å². The number of aromatic hydroxyl groups is 3. The van der Waals surface area contributed by atoms with Gasteiger partial charge in [0, 0.05) is 11.6 Å². The third-order valence-corrected chi connectivity index (χ3v) is 5.74. The predicted molar refractivity (Wildman–Crippen MR) is 119 cm³/mol. The lowest BCUT2D eigenvalue weighted by Gasteiger charge is -2.38. The van der Waals surface area contributed by atoms with Gasteiger partial charge in [0.1, 0.15) is 29.3 Å². The summed E-state index contributed by atoms with van der Waals surface area (Å²) in [5, 5.41) is 60.5. The Morgan fingerprint density at radius 2 is 1.60 bits per heavy atom. The van der Waals surface area contributed by atoms with E-state index < -0.39 is 59.1 Å². The molecule has 1 aromatic heterocycles. The monoisotopic (exact) mass is 492 g/mol. The molecule has 1 saturated heterocycles. The molecule has 0 aliphatic carbocycles. The zero-order valence-electron chi connectivity index (χ0n) is 18.8. The van der Waals surface area contributed by atoms with Gasteiger partial charge in [-0.2, -0.15) is 0 Å². The fourth-order valence-electron chi connectivity index (χ4n) is 3.81. The second-order valence-corrected chi connectivity index (χ2v) is 7.93. The zero-order chi connectivity index (χ0) is 25.6. The Bertz CT molecular complexity index is 1320. The fraction of sp³-hybridized carbons (Fsp3) is 0.348. The Morgan fingerprint density at radius 3 is 2.23 bits per heavy atom. The maximum Gasteiger partial charge on any atom is 0.239 e. The summed E-state index contributed by atoms with van der Waals surface area (Å²) in [5.74, 6) is -2.44. The van der Waals surface area contributed by atoms with E-state index in [-0.39, 0.29) is 33.8 Å². The second kappa shape index (κ2) is 9.15. The Labute approximate surface area is 197 Å². The number of hydrogen-bond donors (Lipinski definition) is 6. The van der Waals surface area contributed by atoms with Crippen molar-refractivity contribution in [2.75, 3.05) is 14.2 Å². The summed E-state index contributed by atoms with van der Waals surface area (Å²) in [6, 6.07) is 4.88. The summed E-state index contributed by atoms with van der Waals surface area (Å²) in [6.07, 6.45) is -7.39. The van der Waals surface area contributed by atoms with Crippen molar-refractivity contribution in [3.05, 3.63) is 34.5 Å². The molecule has 188 valence electrons. The van der Waals surface area contributed by atoms with Crippen LogP contribution in [0.25, 0.3) is 22.3 Å². The first kappa shape index (κ1) is 24.4. The smallest absolute Gasteiger partial charge is 0.239 e. The average Bonchev–Trinajstić information content (AvgIpc) is 2.83. The third-order valence-electron chi connectivity index (χ3n) is 5.74. The number of rotatable bonds is 5. The lowest BCUT2D eigenvalue weighted by molar-refractivity contribution is -0.268. The summed E-state index contributed by atoms with van der Waals surface area (Å²) in [7, 11) is 2.58. The maximum atomic E-state index is 13.6. The third kappa shape index (κ3) is 4.06. The SMILES string of the molecule is COc1cc2oc(-c3ccc(O)c(O)c3)c(O[C@@H]3O[C@@H](C)[C@H](O)[C@@H](O)[C@H]3O)c(=O)c2c(O)c1OC. The van der Waals surface area contributed by atoms with E-state index in [0.29, 0.717) is 0 Å². The molecule has 0 amide bonds. The van der Waals surface area contributed by atoms with E-state index in [0.717, 1.165) is 12.1 Å². The van der Waals surface area contributed by atoms with Gasteiger partial charge in [0.2, 0.25) is 23.2 Å². The quantitative estimate of drug-likeness (QED) is 0.275. The van der Waals surface area contributed by atoms with Crippen molar-refractivity contribution in [3.8, 4) is 45.8 Å². The molecule has 35 heavy (non-hydrogen) atoms. The van der Waals surface area contributed by atoms with E-state index >= 15 is 0 Å². The summed E-state index contributed by atoms with van der Waals surface area (Å²) in [4.78, 5) is 13.6. The van der Waals surface area contributed by atoms with Crippen molar-refractivity contribution in [1.82, 2.24) is 0 Å². The summed E-state index contributed by atoms with van der Waals surface area (Å²) in [6.45, 7) is 1.43. The van der Waals surface area contributed by atoms with E-state index in [1.165, 1.54) is 33.3 Å². The highest BCUT2D eigenvalue weighted by atomic mass is 16.7. The number of ether oxygens (including phenoxy) is 4. The molecule has 6 N–H and O–H groups in total. The molecule has 2 heterocycles. The van der Waals surface area contributed by atoms with E-state index in [4.69, 9.17) is 23.4 Å². The Morgan fingerprint density at radius 1 is 0.886 bits per heavy atom. The largest absolute Gasteiger partial charge is 0.504 e. The van der Waals surface area contributed by atoms with Gasteiger partial charge in [-0.25, -0.2) is 0 Å². The standard InChI is InChI=1S/C23H24O12/c1-8-15(26)18(29)19(30)23(33-8)35-22-17(28)14-12(7-13(31-2)21(32-3)16(14)27)34-20(22)9-4-5-10(24)11(25)6-9/h4-8,15,18-19,23-27,29-30H,1-3H3/t8-,15-,18+,19+,23-/m0/s1. The van der Waals surface area contributed by atoms with Crippen LogP contribution in [0.3, 0.4) is 0 Å². The van der Waals surface area contributed by atoms with Crippen LogP contribution in [0.1, 0.15) is 6.92 Å². The number of phenolic OH excluding ortho intramolecular Hbond substituents is 3. The Balaban J connectivity index is 1.97. The number of aliphatic hydroxyl groups excluding tert-OH is 3. The number of aliphatic hydroxyl groups is 3.